The highest BCUT2D eigenvalue weighted by atomic mass is 32.1. The normalized spacial score (nSPS) is 13.6. The van der Waals surface area contributed by atoms with Gasteiger partial charge in [0.15, 0.2) is 0 Å². The molecular formula is C23H21NO2S. The molecule has 0 saturated heterocycles. The van der Waals surface area contributed by atoms with Crippen molar-refractivity contribution in [3.05, 3.63) is 90.5 Å². The van der Waals surface area contributed by atoms with Gasteiger partial charge < -0.3 is 14.8 Å². The Morgan fingerprint density at radius 2 is 1.37 bits per heavy atom. The predicted molar refractivity (Wildman–Crippen MR) is 114 cm³/mol. The van der Waals surface area contributed by atoms with Crippen LogP contribution in [0.15, 0.2) is 84.9 Å². The number of aliphatic hydroxyl groups is 2. The summed E-state index contributed by atoms with van der Waals surface area (Å²) in [5, 5.41) is 22.3. The summed E-state index contributed by atoms with van der Waals surface area (Å²) in [6.07, 6.45) is -1.99. The lowest BCUT2D eigenvalue weighted by molar-refractivity contribution is 0.0350. The molecule has 0 radical (unpaired) electrons. The number of para-hydroxylation sites is 2. The molecule has 0 aliphatic carbocycles. The van der Waals surface area contributed by atoms with Crippen LogP contribution in [-0.4, -0.2) is 26.6 Å². The van der Waals surface area contributed by atoms with E-state index in [9.17, 15) is 10.2 Å². The number of aromatic nitrogens is 1. The molecule has 27 heavy (non-hydrogen) atoms. The van der Waals surface area contributed by atoms with Crippen LogP contribution in [0.3, 0.4) is 0 Å². The van der Waals surface area contributed by atoms with E-state index in [4.69, 9.17) is 0 Å². The van der Waals surface area contributed by atoms with Crippen LogP contribution in [0.1, 0.15) is 11.7 Å². The molecule has 136 valence electrons. The first-order valence-electron chi connectivity index (χ1n) is 8.93. The maximum Gasteiger partial charge on any atom is 0.108 e. The van der Waals surface area contributed by atoms with Crippen LogP contribution in [0.2, 0.25) is 0 Å². The van der Waals surface area contributed by atoms with Gasteiger partial charge in [-0.05, 0) is 23.8 Å². The Labute approximate surface area is 163 Å². The van der Waals surface area contributed by atoms with Gasteiger partial charge in [0.1, 0.15) is 6.10 Å². The summed E-state index contributed by atoms with van der Waals surface area (Å²) < 4.78 is 2.15. The average Bonchev–Trinajstić information content (AvgIpc) is 3.09. The molecule has 0 saturated carbocycles. The van der Waals surface area contributed by atoms with Crippen LogP contribution in [0, 0.1) is 0 Å². The van der Waals surface area contributed by atoms with E-state index in [1.54, 1.807) is 0 Å². The maximum atomic E-state index is 11.0. The summed E-state index contributed by atoms with van der Waals surface area (Å²) in [6.45, 7) is 0. The van der Waals surface area contributed by atoms with Crippen LogP contribution >= 0.6 is 12.6 Å². The van der Waals surface area contributed by atoms with E-state index in [-0.39, 0.29) is 5.75 Å². The van der Waals surface area contributed by atoms with E-state index >= 15 is 0 Å². The molecule has 0 bridgehead atoms. The van der Waals surface area contributed by atoms with Gasteiger partial charge >= 0.3 is 0 Å². The average molecular weight is 375 g/mol. The Bertz CT molecular complexity index is 1040. The zero-order valence-corrected chi connectivity index (χ0v) is 15.6. The summed E-state index contributed by atoms with van der Waals surface area (Å²) >= 11 is 4.18. The van der Waals surface area contributed by atoms with Crippen molar-refractivity contribution in [2.24, 2.45) is 0 Å². The van der Waals surface area contributed by atoms with E-state index < -0.39 is 12.2 Å². The van der Waals surface area contributed by atoms with Gasteiger partial charge in [-0.3, -0.25) is 0 Å². The third kappa shape index (κ3) is 3.16. The Morgan fingerprint density at radius 1 is 0.778 bits per heavy atom. The Kier molecular flexibility index (Phi) is 5.03. The Morgan fingerprint density at radius 3 is 2.04 bits per heavy atom. The molecule has 0 fully saturated rings. The van der Waals surface area contributed by atoms with E-state index in [1.807, 2.05) is 84.9 Å². The molecule has 2 unspecified atom stereocenters. The molecule has 1 heterocycles. The number of fused-ring (bicyclic) bond motifs is 1. The molecule has 2 atom stereocenters. The molecule has 0 amide bonds. The topological polar surface area (TPSA) is 45.4 Å². The number of benzene rings is 3. The molecule has 1 aromatic heterocycles. The summed E-state index contributed by atoms with van der Waals surface area (Å²) in [5.74, 6) is 0.181. The molecule has 3 aromatic carbocycles. The van der Waals surface area contributed by atoms with Gasteiger partial charge in [-0.1, -0.05) is 66.7 Å². The second-order valence-corrected chi connectivity index (χ2v) is 6.88. The lowest BCUT2D eigenvalue weighted by atomic mass is 9.98. The highest BCUT2D eigenvalue weighted by molar-refractivity contribution is 7.80. The standard InChI is InChI=1S/C23H21NO2S/c25-20(15-27)23(26)21-18-13-7-8-14-19(18)24(17-11-5-2-6-12-17)22(21)16-9-3-1-4-10-16/h1-14,20,23,25-27H,15H2. The van der Waals surface area contributed by atoms with Gasteiger partial charge in [-0.25, -0.2) is 0 Å². The monoisotopic (exact) mass is 375 g/mol. The zero-order chi connectivity index (χ0) is 18.8. The minimum Gasteiger partial charge on any atom is -0.389 e. The van der Waals surface area contributed by atoms with Crippen molar-refractivity contribution >= 4 is 23.5 Å². The maximum absolute atomic E-state index is 11.0. The van der Waals surface area contributed by atoms with Crippen molar-refractivity contribution in [3.8, 4) is 16.9 Å². The number of aliphatic hydroxyl groups excluding tert-OH is 2. The highest BCUT2D eigenvalue weighted by Gasteiger charge is 2.28. The first-order valence-corrected chi connectivity index (χ1v) is 9.56. The summed E-state index contributed by atoms with van der Waals surface area (Å²) in [4.78, 5) is 0. The van der Waals surface area contributed by atoms with Crippen molar-refractivity contribution in [2.45, 2.75) is 12.2 Å². The van der Waals surface area contributed by atoms with Crippen LogP contribution in [0.25, 0.3) is 27.8 Å². The quantitative estimate of drug-likeness (QED) is 0.446. The van der Waals surface area contributed by atoms with Crippen LogP contribution < -0.4 is 0 Å². The van der Waals surface area contributed by atoms with Crippen molar-refractivity contribution in [2.75, 3.05) is 5.75 Å². The number of hydrogen-bond acceptors (Lipinski definition) is 3. The molecule has 4 heteroatoms. The fraction of sp³-hybridized carbons (Fsp3) is 0.130. The van der Waals surface area contributed by atoms with E-state index in [0.717, 1.165) is 33.4 Å². The number of hydrogen-bond donors (Lipinski definition) is 3. The van der Waals surface area contributed by atoms with E-state index in [2.05, 4.69) is 17.2 Å². The van der Waals surface area contributed by atoms with Crippen molar-refractivity contribution < 1.29 is 10.2 Å². The van der Waals surface area contributed by atoms with Crippen LogP contribution in [0.5, 0.6) is 0 Å². The minimum absolute atomic E-state index is 0.181. The zero-order valence-electron chi connectivity index (χ0n) is 14.7. The lowest BCUT2D eigenvalue weighted by Gasteiger charge is -2.19. The van der Waals surface area contributed by atoms with Gasteiger partial charge in [0.05, 0.1) is 17.3 Å². The van der Waals surface area contributed by atoms with Gasteiger partial charge in [-0.15, -0.1) is 0 Å². The van der Waals surface area contributed by atoms with Crippen molar-refractivity contribution in [1.82, 2.24) is 4.57 Å². The van der Waals surface area contributed by atoms with Crippen molar-refractivity contribution in [3.63, 3.8) is 0 Å². The molecule has 0 aliphatic heterocycles. The molecule has 3 nitrogen and oxygen atoms in total. The minimum atomic E-state index is -1.03. The van der Waals surface area contributed by atoms with E-state index in [0.29, 0.717) is 0 Å². The molecule has 2 N–H and O–H groups in total. The SMILES string of the molecule is OC(CS)C(O)c1c(-c2ccccc2)n(-c2ccccc2)c2ccccc12. The largest absolute Gasteiger partial charge is 0.389 e. The molecule has 4 aromatic rings. The van der Waals surface area contributed by atoms with Crippen molar-refractivity contribution in [1.29, 1.82) is 0 Å². The lowest BCUT2D eigenvalue weighted by Crippen LogP contribution is -2.20. The fourth-order valence-electron chi connectivity index (χ4n) is 3.58. The van der Waals surface area contributed by atoms with Gasteiger partial charge in [-0.2, -0.15) is 12.6 Å². The van der Waals surface area contributed by atoms with Gasteiger partial charge in [0.25, 0.3) is 0 Å². The van der Waals surface area contributed by atoms with Gasteiger partial charge in [0.2, 0.25) is 0 Å². The van der Waals surface area contributed by atoms with Crippen LogP contribution in [0.4, 0.5) is 0 Å². The first kappa shape index (κ1) is 17.9. The third-order valence-corrected chi connectivity index (χ3v) is 5.20. The predicted octanol–water partition coefficient (Wildman–Crippen LogP) is 4.62. The summed E-state index contributed by atoms with van der Waals surface area (Å²) in [6, 6.07) is 28.0. The summed E-state index contributed by atoms with van der Waals surface area (Å²) in [7, 11) is 0. The second-order valence-electron chi connectivity index (χ2n) is 6.51. The second kappa shape index (κ2) is 7.61. The fourth-order valence-corrected chi connectivity index (χ4v) is 3.78. The van der Waals surface area contributed by atoms with Gasteiger partial charge in [0, 0.05) is 22.4 Å². The number of thiol groups is 1. The Balaban J connectivity index is 2.12. The smallest absolute Gasteiger partial charge is 0.108 e. The van der Waals surface area contributed by atoms with E-state index in [1.165, 1.54) is 0 Å². The molecule has 0 spiro atoms. The first-order chi connectivity index (χ1) is 13.2. The summed E-state index contributed by atoms with van der Waals surface area (Å²) in [5.41, 5.74) is 4.59. The number of nitrogens with zero attached hydrogens (tertiary/aromatic N) is 1. The van der Waals surface area contributed by atoms with Crippen LogP contribution in [-0.2, 0) is 0 Å². The third-order valence-electron chi connectivity index (χ3n) is 4.82. The highest BCUT2D eigenvalue weighted by Crippen LogP contribution is 2.40. The molecular weight excluding hydrogens is 354 g/mol. The molecule has 4 rings (SSSR count). The Hall–Kier alpha value is -2.53. The molecule has 0 aliphatic rings. The number of rotatable bonds is 5.